The van der Waals surface area contributed by atoms with Crippen LogP contribution in [0.4, 0.5) is 0 Å². The Bertz CT molecular complexity index is 928. The second-order valence-corrected chi connectivity index (χ2v) is 8.00. The summed E-state index contributed by atoms with van der Waals surface area (Å²) in [6.45, 7) is 5.54. The number of aryl methyl sites for hydroxylation is 4. The highest BCUT2D eigenvalue weighted by Gasteiger charge is 2.19. The zero-order valence-corrected chi connectivity index (χ0v) is 17.0. The van der Waals surface area contributed by atoms with E-state index in [1.165, 1.54) is 42.3 Å². The Labute approximate surface area is 162 Å². The molecule has 1 aliphatic carbocycles. The third-order valence-electron chi connectivity index (χ3n) is 5.06. The van der Waals surface area contributed by atoms with Crippen LogP contribution < -0.4 is 4.74 Å². The summed E-state index contributed by atoms with van der Waals surface area (Å²) in [7, 11) is 0. The summed E-state index contributed by atoms with van der Waals surface area (Å²) in [5.74, 6) is 0. The van der Waals surface area contributed by atoms with E-state index in [9.17, 15) is 0 Å². The molecule has 3 aromatic rings. The van der Waals surface area contributed by atoms with E-state index in [-0.39, 0.29) is 0 Å². The van der Waals surface area contributed by atoms with Crippen molar-refractivity contribution in [1.82, 2.24) is 14.5 Å². The van der Waals surface area contributed by atoms with Gasteiger partial charge in [0.2, 0.25) is 0 Å². The molecule has 0 atom stereocenters. The molecule has 0 bridgehead atoms. The monoisotopic (exact) mass is 413 g/mol. The van der Waals surface area contributed by atoms with Gasteiger partial charge < -0.3 is 9.30 Å². The highest BCUT2D eigenvalue weighted by Crippen LogP contribution is 2.34. The average molecular weight is 414 g/mol. The van der Waals surface area contributed by atoms with Crippen LogP contribution in [0.2, 0.25) is 0 Å². The average Bonchev–Trinajstić information content (AvgIpc) is 2.91. The molecular formula is C21H24BrN3O. The maximum absolute atomic E-state index is 5.80. The number of ether oxygens (including phenoxy) is 1. The molecule has 0 aliphatic heterocycles. The predicted molar refractivity (Wildman–Crippen MR) is 108 cm³/mol. The van der Waals surface area contributed by atoms with Gasteiger partial charge in [0.15, 0.2) is 0 Å². The molecular weight excluding hydrogens is 390 g/mol. The van der Waals surface area contributed by atoms with Gasteiger partial charge in [-0.1, -0.05) is 15.9 Å². The molecule has 0 radical (unpaired) electrons. The first-order valence-corrected chi connectivity index (χ1v) is 10.2. The van der Waals surface area contributed by atoms with Crippen molar-refractivity contribution >= 4 is 26.8 Å². The summed E-state index contributed by atoms with van der Waals surface area (Å²) in [5.41, 5.74) is 6.31. The minimum atomic E-state index is 0.492. The van der Waals surface area contributed by atoms with Crippen molar-refractivity contribution in [2.45, 2.75) is 52.5 Å². The second-order valence-electron chi connectivity index (χ2n) is 7.08. The fourth-order valence-corrected chi connectivity index (χ4v) is 4.37. The minimum absolute atomic E-state index is 0.492. The SMILES string of the molecule is Cc1cc(C)nc(OCCCn2c3c(c4cc(Br)ccc42)CCCC3)n1. The van der Waals surface area contributed by atoms with Crippen LogP contribution in [0.15, 0.2) is 28.7 Å². The van der Waals surface area contributed by atoms with Gasteiger partial charge in [-0.15, -0.1) is 0 Å². The van der Waals surface area contributed by atoms with Crippen molar-refractivity contribution in [2.75, 3.05) is 6.61 Å². The van der Waals surface area contributed by atoms with Crippen LogP contribution in [0.1, 0.15) is 41.9 Å². The molecule has 0 saturated carbocycles. The molecule has 1 aromatic carbocycles. The lowest BCUT2D eigenvalue weighted by molar-refractivity contribution is 0.278. The number of halogens is 1. The van der Waals surface area contributed by atoms with Gasteiger partial charge in [0.05, 0.1) is 6.61 Å². The van der Waals surface area contributed by atoms with Gasteiger partial charge in [0.1, 0.15) is 0 Å². The van der Waals surface area contributed by atoms with E-state index in [2.05, 4.69) is 48.7 Å². The number of aromatic nitrogens is 3. The predicted octanol–water partition coefficient (Wildman–Crippen LogP) is 5.16. The van der Waals surface area contributed by atoms with Gasteiger partial charge in [-0.3, -0.25) is 0 Å². The Hall–Kier alpha value is -1.88. The molecule has 1 aliphatic rings. The minimum Gasteiger partial charge on any atom is -0.463 e. The molecule has 0 saturated heterocycles. The topological polar surface area (TPSA) is 39.9 Å². The number of nitrogens with zero attached hydrogens (tertiary/aromatic N) is 3. The van der Waals surface area contributed by atoms with E-state index in [0.29, 0.717) is 12.6 Å². The lowest BCUT2D eigenvalue weighted by atomic mass is 9.95. The van der Waals surface area contributed by atoms with Gasteiger partial charge in [-0.25, -0.2) is 9.97 Å². The van der Waals surface area contributed by atoms with E-state index in [4.69, 9.17) is 4.74 Å². The van der Waals surface area contributed by atoms with Gasteiger partial charge in [-0.2, -0.15) is 0 Å². The Morgan fingerprint density at radius 3 is 2.65 bits per heavy atom. The molecule has 4 nitrogen and oxygen atoms in total. The quantitative estimate of drug-likeness (QED) is 0.542. The molecule has 0 fully saturated rings. The molecule has 0 unspecified atom stereocenters. The summed E-state index contributed by atoms with van der Waals surface area (Å²) in [6.07, 6.45) is 5.91. The number of hydrogen-bond donors (Lipinski definition) is 0. The van der Waals surface area contributed by atoms with E-state index in [1.54, 1.807) is 5.56 Å². The number of rotatable bonds is 5. The van der Waals surface area contributed by atoms with Gasteiger partial charge >= 0.3 is 6.01 Å². The van der Waals surface area contributed by atoms with Crippen LogP contribution in [0, 0.1) is 13.8 Å². The first-order valence-electron chi connectivity index (χ1n) is 9.36. The van der Waals surface area contributed by atoms with Gasteiger partial charge in [-0.05, 0) is 75.8 Å². The lowest BCUT2D eigenvalue weighted by Crippen LogP contribution is -2.11. The molecule has 0 amide bonds. The molecule has 136 valence electrons. The Balaban J connectivity index is 1.50. The summed E-state index contributed by atoms with van der Waals surface area (Å²) in [5, 5.41) is 1.41. The van der Waals surface area contributed by atoms with Gasteiger partial charge in [0, 0.05) is 39.0 Å². The van der Waals surface area contributed by atoms with E-state index in [1.807, 2.05) is 19.9 Å². The maximum atomic E-state index is 5.80. The largest absolute Gasteiger partial charge is 0.463 e. The van der Waals surface area contributed by atoms with Crippen molar-refractivity contribution in [3.05, 3.63) is 51.4 Å². The van der Waals surface area contributed by atoms with Gasteiger partial charge in [0.25, 0.3) is 0 Å². The van der Waals surface area contributed by atoms with Crippen LogP contribution in [-0.4, -0.2) is 21.1 Å². The molecule has 0 N–H and O–H groups in total. The Kier molecular flexibility index (Phi) is 4.98. The molecule has 2 aromatic heterocycles. The van der Waals surface area contributed by atoms with Crippen LogP contribution in [0.3, 0.4) is 0 Å². The van der Waals surface area contributed by atoms with Crippen LogP contribution in [0.5, 0.6) is 6.01 Å². The fraction of sp³-hybridized carbons (Fsp3) is 0.429. The van der Waals surface area contributed by atoms with E-state index < -0.39 is 0 Å². The maximum Gasteiger partial charge on any atom is 0.316 e. The fourth-order valence-electron chi connectivity index (χ4n) is 4.01. The zero-order chi connectivity index (χ0) is 18.1. The molecule has 0 spiro atoms. The van der Waals surface area contributed by atoms with Crippen molar-refractivity contribution < 1.29 is 4.74 Å². The first-order chi connectivity index (χ1) is 12.6. The highest BCUT2D eigenvalue weighted by atomic mass is 79.9. The zero-order valence-electron chi connectivity index (χ0n) is 15.4. The third kappa shape index (κ3) is 3.50. The smallest absolute Gasteiger partial charge is 0.316 e. The molecule has 26 heavy (non-hydrogen) atoms. The van der Waals surface area contributed by atoms with E-state index >= 15 is 0 Å². The standard InChI is InChI=1S/C21H24BrN3O/c1-14-12-15(2)24-21(23-14)26-11-5-10-25-19-7-4-3-6-17(19)18-13-16(22)8-9-20(18)25/h8-9,12-13H,3-7,10-11H2,1-2H3. The summed E-state index contributed by atoms with van der Waals surface area (Å²) < 4.78 is 9.46. The van der Waals surface area contributed by atoms with Crippen molar-refractivity contribution in [3.8, 4) is 6.01 Å². The van der Waals surface area contributed by atoms with E-state index in [0.717, 1.165) is 28.8 Å². The third-order valence-corrected chi connectivity index (χ3v) is 5.55. The summed E-state index contributed by atoms with van der Waals surface area (Å²) in [6, 6.07) is 9.11. The number of benzene rings is 1. The number of hydrogen-bond acceptors (Lipinski definition) is 3. The first kappa shape index (κ1) is 17.5. The van der Waals surface area contributed by atoms with Crippen molar-refractivity contribution in [2.24, 2.45) is 0 Å². The molecule has 5 heteroatoms. The summed E-state index contributed by atoms with van der Waals surface area (Å²) >= 11 is 3.63. The lowest BCUT2D eigenvalue weighted by Gasteiger charge is -2.16. The van der Waals surface area contributed by atoms with Crippen LogP contribution >= 0.6 is 15.9 Å². The normalized spacial score (nSPS) is 13.8. The molecule has 4 rings (SSSR count). The van der Waals surface area contributed by atoms with Crippen molar-refractivity contribution in [1.29, 1.82) is 0 Å². The second kappa shape index (κ2) is 7.39. The summed E-state index contributed by atoms with van der Waals surface area (Å²) in [4.78, 5) is 8.71. The van der Waals surface area contributed by atoms with Crippen molar-refractivity contribution in [3.63, 3.8) is 0 Å². The number of fused-ring (bicyclic) bond motifs is 3. The Morgan fingerprint density at radius 2 is 1.85 bits per heavy atom. The van der Waals surface area contributed by atoms with Crippen LogP contribution in [-0.2, 0) is 19.4 Å². The van der Waals surface area contributed by atoms with Crippen LogP contribution in [0.25, 0.3) is 10.9 Å². The highest BCUT2D eigenvalue weighted by molar-refractivity contribution is 9.10. The molecule has 2 heterocycles. The Morgan fingerprint density at radius 1 is 1.08 bits per heavy atom.